The van der Waals surface area contributed by atoms with Crippen molar-refractivity contribution in [1.29, 1.82) is 5.26 Å². The molecule has 29 heavy (non-hydrogen) atoms. The zero-order valence-electron chi connectivity index (χ0n) is 16.9. The lowest BCUT2D eigenvalue weighted by atomic mass is 9.52. The van der Waals surface area contributed by atoms with E-state index >= 15 is 0 Å². The number of nitrogens with zero attached hydrogens (tertiary/aromatic N) is 2. The van der Waals surface area contributed by atoms with Crippen LogP contribution in [0, 0.1) is 29.1 Å². The van der Waals surface area contributed by atoms with Gasteiger partial charge in [-0.15, -0.1) is 0 Å². The maximum Gasteiger partial charge on any atom is 0.342 e. The van der Waals surface area contributed by atoms with Gasteiger partial charge in [0, 0.05) is 12.1 Å². The molecule has 0 N–H and O–H groups in total. The first kappa shape index (κ1) is 19.8. The Morgan fingerprint density at radius 1 is 1.14 bits per heavy atom. The summed E-state index contributed by atoms with van der Waals surface area (Å²) in [4.78, 5) is 27.5. The number of para-hydroxylation sites is 1. The first-order valence-corrected chi connectivity index (χ1v) is 10.5. The van der Waals surface area contributed by atoms with Crippen LogP contribution in [0.3, 0.4) is 0 Å². The Labute approximate surface area is 171 Å². The lowest BCUT2D eigenvalue weighted by Gasteiger charge is -2.60. The van der Waals surface area contributed by atoms with Crippen molar-refractivity contribution < 1.29 is 19.1 Å². The van der Waals surface area contributed by atoms with Gasteiger partial charge in [-0.25, -0.2) is 4.79 Å². The largest absolute Gasteiger partial charge is 0.496 e. The molecule has 0 aliphatic heterocycles. The molecule has 0 heterocycles. The summed E-state index contributed by atoms with van der Waals surface area (Å²) in [5, 5.41) is 9.12. The van der Waals surface area contributed by atoms with E-state index in [-0.39, 0.29) is 18.1 Å². The highest BCUT2D eigenvalue weighted by Crippen LogP contribution is 2.57. The second-order valence-electron chi connectivity index (χ2n) is 8.87. The van der Waals surface area contributed by atoms with Gasteiger partial charge in [0.15, 0.2) is 6.61 Å². The summed E-state index contributed by atoms with van der Waals surface area (Å²) >= 11 is 0. The molecule has 154 valence electrons. The molecule has 4 bridgehead atoms. The predicted molar refractivity (Wildman–Crippen MR) is 106 cm³/mol. The van der Waals surface area contributed by atoms with E-state index in [1.54, 1.807) is 24.3 Å². The number of ether oxygens (including phenoxy) is 2. The highest BCUT2D eigenvalue weighted by atomic mass is 16.5. The Balaban J connectivity index is 1.47. The summed E-state index contributed by atoms with van der Waals surface area (Å²) in [6.45, 7) is 0.109. The maximum absolute atomic E-state index is 13.2. The molecule has 1 aromatic rings. The lowest BCUT2D eigenvalue weighted by molar-refractivity contribution is -0.153. The van der Waals surface area contributed by atoms with E-state index in [4.69, 9.17) is 14.7 Å². The van der Waals surface area contributed by atoms with E-state index in [1.165, 1.54) is 26.4 Å². The SMILES string of the molecule is COc1ccccc1C(=O)OCC(=O)N(CCC#N)C12CC3CC(CC(C3)C1)C2. The minimum Gasteiger partial charge on any atom is -0.496 e. The van der Waals surface area contributed by atoms with Gasteiger partial charge in [0.2, 0.25) is 0 Å². The number of carbonyl (C=O) groups is 2. The van der Waals surface area contributed by atoms with Crippen LogP contribution in [0.15, 0.2) is 24.3 Å². The van der Waals surface area contributed by atoms with Crippen LogP contribution in [0.5, 0.6) is 5.75 Å². The lowest BCUT2D eigenvalue weighted by Crippen LogP contribution is -2.62. The fourth-order valence-corrected chi connectivity index (χ4v) is 6.28. The summed E-state index contributed by atoms with van der Waals surface area (Å²) in [7, 11) is 1.49. The first-order valence-electron chi connectivity index (χ1n) is 10.5. The number of esters is 1. The van der Waals surface area contributed by atoms with Gasteiger partial charge >= 0.3 is 5.97 Å². The van der Waals surface area contributed by atoms with Gasteiger partial charge in [0.05, 0.1) is 19.6 Å². The third-order valence-electron chi connectivity index (χ3n) is 6.98. The monoisotopic (exact) mass is 396 g/mol. The number of hydrogen-bond acceptors (Lipinski definition) is 5. The van der Waals surface area contributed by atoms with Gasteiger partial charge in [-0.1, -0.05) is 12.1 Å². The van der Waals surface area contributed by atoms with Crippen molar-refractivity contribution in [2.75, 3.05) is 20.3 Å². The standard InChI is InChI=1S/C23H28N2O4/c1-28-20-6-3-2-5-19(20)22(27)29-15-21(26)25(8-4-7-24)23-12-16-9-17(13-23)11-18(10-16)14-23/h2-3,5-6,16-18H,4,8-15H2,1H3. The quantitative estimate of drug-likeness (QED) is 0.659. The Morgan fingerprint density at radius 2 is 1.76 bits per heavy atom. The van der Waals surface area contributed by atoms with Crippen LogP contribution < -0.4 is 4.74 Å². The van der Waals surface area contributed by atoms with Crippen LogP contribution >= 0.6 is 0 Å². The van der Waals surface area contributed by atoms with Gasteiger partial charge in [-0.2, -0.15) is 5.26 Å². The molecule has 5 rings (SSSR count). The second-order valence-corrected chi connectivity index (χ2v) is 8.87. The van der Waals surface area contributed by atoms with E-state index in [0.29, 0.717) is 42.0 Å². The molecule has 0 atom stereocenters. The van der Waals surface area contributed by atoms with Crippen molar-refractivity contribution in [2.24, 2.45) is 17.8 Å². The Kier molecular flexibility index (Phi) is 5.49. The molecular formula is C23H28N2O4. The molecule has 0 radical (unpaired) electrons. The average Bonchev–Trinajstić information content (AvgIpc) is 2.71. The molecule has 0 unspecified atom stereocenters. The van der Waals surface area contributed by atoms with Crippen molar-refractivity contribution in [3.05, 3.63) is 29.8 Å². The fourth-order valence-electron chi connectivity index (χ4n) is 6.28. The molecule has 4 fully saturated rings. The minimum absolute atomic E-state index is 0.153. The molecular weight excluding hydrogens is 368 g/mol. The zero-order chi connectivity index (χ0) is 20.4. The van der Waals surface area contributed by atoms with Gasteiger partial charge in [-0.05, 0) is 68.4 Å². The molecule has 6 heteroatoms. The number of nitriles is 1. The van der Waals surface area contributed by atoms with Crippen LogP contribution in [0.25, 0.3) is 0 Å². The van der Waals surface area contributed by atoms with Crippen LogP contribution in [0.4, 0.5) is 0 Å². The molecule has 0 spiro atoms. The molecule has 6 nitrogen and oxygen atoms in total. The average molecular weight is 396 g/mol. The minimum atomic E-state index is -0.568. The van der Waals surface area contributed by atoms with Gasteiger partial charge in [-0.3, -0.25) is 4.79 Å². The highest BCUT2D eigenvalue weighted by molar-refractivity contribution is 5.94. The molecule has 4 aliphatic carbocycles. The van der Waals surface area contributed by atoms with E-state index in [2.05, 4.69) is 6.07 Å². The van der Waals surface area contributed by atoms with Crippen LogP contribution in [0.1, 0.15) is 55.3 Å². The van der Waals surface area contributed by atoms with E-state index in [0.717, 1.165) is 19.3 Å². The topological polar surface area (TPSA) is 79.6 Å². The predicted octanol–water partition coefficient (Wildman–Crippen LogP) is 3.56. The Morgan fingerprint density at radius 3 is 2.34 bits per heavy atom. The van der Waals surface area contributed by atoms with Gasteiger partial charge in [0.1, 0.15) is 11.3 Å². The van der Waals surface area contributed by atoms with Crippen LogP contribution in [-0.2, 0) is 9.53 Å². The van der Waals surface area contributed by atoms with Crippen molar-refractivity contribution >= 4 is 11.9 Å². The second kappa shape index (κ2) is 8.06. The van der Waals surface area contributed by atoms with Gasteiger partial charge < -0.3 is 14.4 Å². The smallest absolute Gasteiger partial charge is 0.342 e. The zero-order valence-corrected chi connectivity index (χ0v) is 16.9. The number of rotatable bonds is 7. The number of benzene rings is 1. The van der Waals surface area contributed by atoms with Crippen molar-refractivity contribution in [2.45, 2.75) is 50.5 Å². The van der Waals surface area contributed by atoms with Crippen LogP contribution in [-0.4, -0.2) is 42.6 Å². The molecule has 4 aliphatic rings. The van der Waals surface area contributed by atoms with Crippen LogP contribution in [0.2, 0.25) is 0 Å². The number of hydrogen-bond donors (Lipinski definition) is 0. The molecule has 0 saturated heterocycles. The number of amides is 1. The van der Waals surface area contributed by atoms with Crippen molar-refractivity contribution in [3.63, 3.8) is 0 Å². The fraction of sp³-hybridized carbons (Fsp3) is 0.609. The van der Waals surface area contributed by atoms with Gasteiger partial charge in [0.25, 0.3) is 5.91 Å². The summed E-state index contributed by atoms with van der Waals surface area (Å²) in [5.74, 6) is 1.73. The molecule has 0 aromatic heterocycles. The third kappa shape index (κ3) is 3.83. The van der Waals surface area contributed by atoms with Crippen molar-refractivity contribution in [3.8, 4) is 11.8 Å². The summed E-state index contributed by atoms with van der Waals surface area (Å²) in [6, 6.07) is 8.99. The normalized spacial score (nSPS) is 29.2. The summed E-state index contributed by atoms with van der Waals surface area (Å²) in [6.07, 6.45) is 7.21. The van der Waals surface area contributed by atoms with E-state index < -0.39 is 5.97 Å². The summed E-state index contributed by atoms with van der Waals surface area (Å²) in [5.41, 5.74) is 0.153. The maximum atomic E-state index is 13.2. The number of carbonyl (C=O) groups excluding carboxylic acids is 2. The molecule has 4 saturated carbocycles. The van der Waals surface area contributed by atoms with E-state index in [1.807, 2.05) is 4.90 Å². The van der Waals surface area contributed by atoms with Crippen molar-refractivity contribution in [1.82, 2.24) is 4.90 Å². The molecule has 1 aromatic carbocycles. The first-order chi connectivity index (χ1) is 14.0. The van der Waals surface area contributed by atoms with E-state index in [9.17, 15) is 9.59 Å². The molecule has 1 amide bonds. The number of methoxy groups -OCH3 is 1. The third-order valence-corrected chi connectivity index (χ3v) is 6.98. The Bertz CT molecular complexity index is 793. The highest BCUT2D eigenvalue weighted by Gasteiger charge is 2.54. The summed E-state index contributed by atoms with van der Waals surface area (Å²) < 4.78 is 10.6. The Hall–Kier alpha value is -2.55.